The highest BCUT2D eigenvalue weighted by Gasteiger charge is 2.32. The average Bonchev–Trinajstić information content (AvgIpc) is 3.38. The van der Waals surface area contributed by atoms with Crippen molar-refractivity contribution in [3.63, 3.8) is 0 Å². The van der Waals surface area contributed by atoms with Crippen molar-refractivity contribution in [1.29, 1.82) is 0 Å². The molecule has 4 rings (SSSR count). The summed E-state index contributed by atoms with van der Waals surface area (Å²) in [5.74, 6) is 0.919. The third-order valence-corrected chi connectivity index (χ3v) is 5.07. The molecule has 1 aliphatic heterocycles. The first kappa shape index (κ1) is 16.1. The second-order valence-electron chi connectivity index (χ2n) is 7.32. The Labute approximate surface area is 147 Å². The Hall–Kier alpha value is -2.44. The number of nitrogens with two attached hydrogens (primary N) is 1. The smallest absolute Gasteiger partial charge is 0.272 e. The molecule has 0 saturated heterocycles. The molecular weight excluding hydrogens is 316 g/mol. The van der Waals surface area contributed by atoms with Crippen molar-refractivity contribution in [3.8, 4) is 0 Å². The van der Waals surface area contributed by atoms with Crippen molar-refractivity contribution in [1.82, 2.24) is 25.1 Å². The van der Waals surface area contributed by atoms with Crippen molar-refractivity contribution < 1.29 is 4.79 Å². The van der Waals surface area contributed by atoms with Crippen LogP contribution in [0.5, 0.6) is 0 Å². The van der Waals surface area contributed by atoms with E-state index < -0.39 is 0 Å². The number of amides is 1. The van der Waals surface area contributed by atoms with E-state index in [2.05, 4.69) is 20.2 Å². The van der Waals surface area contributed by atoms with E-state index in [1.807, 2.05) is 18.7 Å². The minimum atomic E-state index is -0.0675. The summed E-state index contributed by atoms with van der Waals surface area (Å²) in [6.07, 6.45) is 4.12. The fourth-order valence-electron chi connectivity index (χ4n) is 3.46. The standard InChI is InChI=1S/C18H24N6O/c1-10(2)14-9-15(21-18(19)20-14)17(25)24-7-5-12-13(6-8-24)22-23-16(12)11-3-4-11/h9-11H,3-8H2,1-2H3,(H,22,23)(H2,19,20,21). The van der Waals surface area contributed by atoms with Gasteiger partial charge in [0.05, 0.1) is 5.69 Å². The minimum Gasteiger partial charge on any atom is -0.368 e. The Morgan fingerprint density at radius 2 is 2.04 bits per heavy atom. The van der Waals surface area contributed by atoms with Gasteiger partial charge in [0.25, 0.3) is 5.91 Å². The second kappa shape index (κ2) is 6.13. The summed E-state index contributed by atoms with van der Waals surface area (Å²) in [5.41, 5.74) is 10.7. The largest absolute Gasteiger partial charge is 0.368 e. The molecule has 3 heterocycles. The van der Waals surface area contributed by atoms with Gasteiger partial charge in [0.1, 0.15) is 5.69 Å². The normalized spacial score (nSPS) is 17.5. The van der Waals surface area contributed by atoms with E-state index in [9.17, 15) is 4.79 Å². The van der Waals surface area contributed by atoms with Crippen LogP contribution in [-0.4, -0.2) is 44.1 Å². The van der Waals surface area contributed by atoms with Crippen LogP contribution in [0.1, 0.15) is 71.7 Å². The molecule has 3 N–H and O–H groups in total. The summed E-state index contributed by atoms with van der Waals surface area (Å²) >= 11 is 0. The first-order valence-electron chi connectivity index (χ1n) is 9.02. The van der Waals surface area contributed by atoms with Gasteiger partial charge in [-0.2, -0.15) is 5.10 Å². The molecular formula is C18H24N6O. The van der Waals surface area contributed by atoms with E-state index in [1.165, 1.54) is 29.8 Å². The summed E-state index contributed by atoms with van der Waals surface area (Å²) in [5, 5.41) is 7.69. The van der Waals surface area contributed by atoms with E-state index in [0.717, 1.165) is 18.5 Å². The Kier molecular flexibility index (Phi) is 3.94. The molecule has 0 aromatic carbocycles. The van der Waals surface area contributed by atoms with Gasteiger partial charge in [-0.3, -0.25) is 9.89 Å². The van der Waals surface area contributed by atoms with Crippen LogP contribution in [0.15, 0.2) is 6.07 Å². The van der Waals surface area contributed by atoms with Gasteiger partial charge in [-0.05, 0) is 36.8 Å². The van der Waals surface area contributed by atoms with Crippen LogP contribution in [-0.2, 0) is 12.8 Å². The summed E-state index contributed by atoms with van der Waals surface area (Å²) in [7, 11) is 0. The van der Waals surface area contributed by atoms with Gasteiger partial charge in [-0.25, -0.2) is 9.97 Å². The van der Waals surface area contributed by atoms with E-state index >= 15 is 0 Å². The van der Waals surface area contributed by atoms with Crippen LogP contribution in [0.4, 0.5) is 5.95 Å². The lowest BCUT2D eigenvalue weighted by atomic mass is 10.1. The second-order valence-corrected chi connectivity index (χ2v) is 7.32. The fourth-order valence-corrected chi connectivity index (χ4v) is 3.46. The Bertz CT molecular complexity index is 808. The summed E-state index contributed by atoms with van der Waals surface area (Å²) in [4.78, 5) is 23.2. The Morgan fingerprint density at radius 3 is 2.76 bits per heavy atom. The van der Waals surface area contributed by atoms with Crippen LogP contribution >= 0.6 is 0 Å². The predicted molar refractivity (Wildman–Crippen MR) is 94.4 cm³/mol. The first-order chi connectivity index (χ1) is 12.0. The molecule has 132 valence electrons. The number of carbonyl (C=O) groups excluding carboxylic acids is 1. The lowest BCUT2D eigenvalue weighted by Gasteiger charge is -2.20. The first-order valence-corrected chi connectivity index (χ1v) is 9.02. The van der Waals surface area contributed by atoms with Gasteiger partial charge < -0.3 is 10.6 Å². The lowest BCUT2D eigenvalue weighted by Crippen LogP contribution is -2.34. The van der Waals surface area contributed by atoms with E-state index in [-0.39, 0.29) is 17.8 Å². The van der Waals surface area contributed by atoms with E-state index in [0.29, 0.717) is 24.7 Å². The van der Waals surface area contributed by atoms with Crippen LogP contribution in [0, 0.1) is 0 Å². The number of fused-ring (bicyclic) bond motifs is 1. The molecule has 2 aromatic rings. The highest BCUT2D eigenvalue weighted by molar-refractivity contribution is 5.92. The van der Waals surface area contributed by atoms with Crippen LogP contribution in [0.25, 0.3) is 0 Å². The maximum absolute atomic E-state index is 12.9. The van der Waals surface area contributed by atoms with Gasteiger partial charge >= 0.3 is 0 Å². The molecule has 25 heavy (non-hydrogen) atoms. The molecule has 0 radical (unpaired) electrons. The number of anilines is 1. The van der Waals surface area contributed by atoms with Gasteiger partial charge in [0.15, 0.2) is 0 Å². The maximum Gasteiger partial charge on any atom is 0.272 e. The number of hydrogen-bond acceptors (Lipinski definition) is 5. The van der Waals surface area contributed by atoms with Crippen molar-refractivity contribution in [3.05, 3.63) is 34.4 Å². The quantitative estimate of drug-likeness (QED) is 0.890. The Balaban J connectivity index is 1.54. The van der Waals surface area contributed by atoms with Crippen molar-refractivity contribution in [2.45, 2.75) is 51.4 Å². The number of aromatic nitrogens is 4. The highest BCUT2D eigenvalue weighted by atomic mass is 16.2. The third kappa shape index (κ3) is 3.10. The van der Waals surface area contributed by atoms with Gasteiger partial charge in [0, 0.05) is 36.8 Å². The number of H-pyrrole nitrogens is 1. The van der Waals surface area contributed by atoms with Crippen molar-refractivity contribution in [2.75, 3.05) is 18.8 Å². The third-order valence-electron chi connectivity index (χ3n) is 5.07. The topological polar surface area (TPSA) is 101 Å². The zero-order valence-electron chi connectivity index (χ0n) is 14.7. The Morgan fingerprint density at radius 1 is 1.28 bits per heavy atom. The minimum absolute atomic E-state index is 0.0675. The monoisotopic (exact) mass is 340 g/mol. The maximum atomic E-state index is 12.9. The number of carbonyl (C=O) groups is 1. The van der Waals surface area contributed by atoms with Crippen LogP contribution in [0.3, 0.4) is 0 Å². The van der Waals surface area contributed by atoms with E-state index in [4.69, 9.17) is 5.73 Å². The number of nitrogen functional groups attached to an aromatic ring is 1. The van der Waals surface area contributed by atoms with Crippen LogP contribution in [0.2, 0.25) is 0 Å². The van der Waals surface area contributed by atoms with Crippen molar-refractivity contribution in [2.24, 2.45) is 0 Å². The average molecular weight is 340 g/mol. The van der Waals surface area contributed by atoms with Crippen LogP contribution < -0.4 is 5.73 Å². The molecule has 0 unspecified atom stereocenters. The molecule has 0 bridgehead atoms. The molecule has 2 aromatic heterocycles. The highest BCUT2D eigenvalue weighted by Crippen LogP contribution is 2.41. The zero-order valence-corrected chi connectivity index (χ0v) is 14.7. The zero-order chi connectivity index (χ0) is 17.6. The fraction of sp³-hybridized carbons (Fsp3) is 0.556. The number of hydrogen-bond donors (Lipinski definition) is 2. The molecule has 1 saturated carbocycles. The summed E-state index contributed by atoms with van der Waals surface area (Å²) in [6.45, 7) is 5.41. The molecule has 1 amide bonds. The molecule has 7 heteroatoms. The molecule has 1 aliphatic carbocycles. The van der Waals surface area contributed by atoms with Crippen molar-refractivity contribution >= 4 is 11.9 Å². The van der Waals surface area contributed by atoms with Gasteiger partial charge in [-0.1, -0.05) is 13.8 Å². The number of aromatic amines is 1. The molecule has 0 atom stereocenters. The summed E-state index contributed by atoms with van der Waals surface area (Å²) in [6, 6.07) is 1.77. The molecule has 7 nitrogen and oxygen atoms in total. The number of nitrogens with zero attached hydrogens (tertiary/aromatic N) is 4. The molecule has 0 spiro atoms. The SMILES string of the molecule is CC(C)c1cc(C(=O)N2CCc3[nH]nc(C4CC4)c3CC2)nc(N)n1. The van der Waals surface area contributed by atoms with Gasteiger partial charge in [0.2, 0.25) is 5.95 Å². The number of rotatable bonds is 3. The number of nitrogens with one attached hydrogen (secondary N) is 1. The summed E-state index contributed by atoms with van der Waals surface area (Å²) < 4.78 is 0. The van der Waals surface area contributed by atoms with E-state index in [1.54, 1.807) is 6.07 Å². The lowest BCUT2D eigenvalue weighted by molar-refractivity contribution is 0.0756. The predicted octanol–water partition coefficient (Wildman–Crippen LogP) is 2.02. The molecule has 1 fully saturated rings. The molecule has 2 aliphatic rings. The van der Waals surface area contributed by atoms with Gasteiger partial charge in [-0.15, -0.1) is 0 Å².